The third-order valence-electron chi connectivity index (χ3n) is 3.61. The second-order valence-corrected chi connectivity index (χ2v) is 8.80. The number of carboxylic acid groups (broad SMARTS) is 1. The van der Waals surface area contributed by atoms with E-state index in [2.05, 4.69) is 0 Å². The highest BCUT2D eigenvalue weighted by Crippen LogP contribution is 2.21. The maximum atomic E-state index is 11.9. The molecule has 1 N–H and O–H groups in total. The lowest BCUT2D eigenvalue weighted by Gasteiger charge is -2.22. The zero-order valence-corrected chi connectivity index (χ0v) is 15.6. The number of aliphatic carboxylic acids is 1. The van der Waals surface area contributed by atoms with Crippen LogP contribution in [0.15, 0.2) is 41.8 Å². The summed E-state index contributed by atoms with van der Waals surface area (Å²) in [5.41, 5.74) is 0.956. The predicted molar refractivity (Wildman–Crippen MR) is 97.7 cm³/mol. The number of thiophene rings is 1. The minimum atomic E-state index is -3.63. The Morgan fingerprint density at radius 3 is 2.60 bits per heavy atom. The first-order valence-electron chi connectivity index (χ1n) is 7.68. The summed E-state index contributed by atoms with van der Waals surface area (Å²) in [4.78, 5) is 13.8. The Morgan fingerprint density at radius 1 is 1.20 bits per heavy atom. The van der Waals surface area contributed by atoms with Crippen LogP contribution < -0.4 is 4.74 Å². The van der Waals surface area contributed by atoms with Crippen LogP contribution in [0.2, 0.25) is 0 Å². The fourth-order valence-corrected chi connectivity index (χ4v) is 4.24. The van der Waals surface area contributed by atoms with Crippen LogP contribution in [0.5, 0.6) is 5.75 Å². The summed E-state index contributed by atoms with van der Waals surface area (Å²) in [7, 11) is -2.03. The number of benzene rings is 1. The van der Waals surface area contributed by atoms with Gasteiger partial charge in [-0.2, -0.15) is 0 Å². The van der Waals surface area contributed by atoms with Gasteiger partial charge in [-0.3, -0.25) is 9.69 Å². The Labute approximate surface area is 151 Å². The lowest BCUT2D eigenvalue weighted by Crippen LogP contribution is -2.30. The average molecular weight is 383 g/mol. The van der Waals surface area contributed by atoms with Gasteiger partial charge in [0.15, 0.2) is 9.84 Å². The molecule has 136 valence electrons. The Hall–Kier alpha value is -1.90. The van der Waals surface area contributed by atoms with Gasteiger partial charge in [-0.25, -0.2) is 8.42 Å². The Bertz CT molecular complexity index is 787. The normalized spacial score (nSPS) is 11.6. The summed E-state index contributed by atoms with van der Waals surface area (Å²) in [6, 6.07) is 11.5. The van der Waals surface area contributed by atoms with Crippen molar-refractivity contribution in [3.63, 3.8) is 0 Å². The molecule has 0 saturated carbocycles. The number of sulfone groups is 1. The van der Waals surface area contributed by atoms with Crippen LogP contribution in [0.25, 0.3) is 0 Å². The molecule has 8 heteroatoms. The van der Waals surface area contributed by atoms with E-state index in [1.165, 1.54) is 0 Å². The molecule has 0 bridgehead atoms. The van der Waals surface area contributed by atoms with Gasteiger partial charge in [0.25, 0.3) is 0 Å². The quantitative estimate of drug-likeness (QED) is 0.677. The smallest absolute Gasteiger partial charge is 0.318 e. The number of carboxylic acids is 1. The number of nitrogens with zero attached hydrogens (tertiary/aromatic N) is 1. The molecule has 0 amide bonds. The van der Waals surface area contributed by atoms with E-state index in [0.29, 0.717) is 13.1 Å². The van der Waals surface area contributed by atoms with Crippen molar-refractivity contribution in [1.29, 1.82) is 0 Å². The zero-order valence-electron chi connectivity index (χ0n) is 13.9. The molecule has 0 spiro atoms. The molecule has 0 aliphatic rings. The molecule has 2 aromatic rings. The number of methoxy groups -OCH3 is 1. The van der Waals surface area contributed by atoms with Crippen molar-refractivity contribution in [3.8, 4) is 5.75 Å². The van der Waals surface area contributed by atoms with E-state index in [1.54, 1.807) is 18.4 Å². The van der Waals surface area contributed by atoms with Crippen LogP contribution in [0.3, 0.4) is 0 Å². The molecular formula is C17H21NO5S2. The lowest BCUT2D eigenvalue weighted by atomic mass is 10.2. The van der Waals surface area contributed by atoms with Gasteiger partial charge >= 0.3 is 5.97 Å². The molecule has 0 radical (unpaired) electrons. The van der Waals surface area contributed by atoms with Gasteiger partial charge in [0.2, 0.25) is 0 Å². The minimum absolute atomic E-state index is 0.195. The molecule has 1 aromatic heterocycles. The molecule has 25 heavy (non-hydrogen) atoms. The van der Waals surface area contributed by atoms with E-state index in [1.807, 2.05) is 46.7 Å². The molecule has 0 unspecified atom stereocenters. The van der Waals surface area contributed by atoms with Gasteiger partial charge in [-0.15, -0.1) is 11.3 Å². The average Bonchev–Trinajstić information content (AvgIpc) is 3.05. The van der Waals surface area contributed by atoms with Crippen LogP contribution in [0.1, 0.15) is 10.4 Å². The molecule has 0 aliphatic heterocycles. The van der Waals surface area contributed by atoms with Gasteiger partial charge in [-0.05, 0) is 17.5 Å². The van der Waals surface area contributed by atoms with Crippen molar-refractivity contribution in [2.45, 2.75) is 13.1 Å². The van der Waals surface area contributed by atoms with Crippen LogP contribution >= 0.6 is 11.3 Å². The van der Waals surface area contributed by atoms with Crippen LogP contribution in [-0.4, -0.2) is 49.6 Å². The van der Waals surface area contributed by atoms with Crippen molar-refractivity contribution >= 4 is 27.1 Å². The van der Waals surface area contributed by atoms with E-state index in [0.717, 1.165) is 16.2 Å². The Kier molecular flexibility index (Phi) is 6.98. The first-order valence-corrected chi connectivity index (χ1v) is 10.4. The first-order chi connectivity index (χ1) is 11.9. The number of hydrogen-bond acceptors (Lipinski definition) is 6. The lowest BCUT2D eigenvalue weighted by molar-refractivity contribution is -0.134. The fourth-order valence-electron chi connectivity index (χ4n) is 2.44. The van der Waals surface area contributed by atoms with Crippen molar-refractivity contribution in [3.05, 3.63) is 52.2 Å². The summed E-state index contributed by atoms with van der Waals surface area (Å²) >= 11 is 1.60. The fraction of sp³-hybridized carbons (Fsp3) is 0.353. The Balaban J connectivity index is 2.11. The SMILES string of the molecule is COc1ccccc1CN(CCS(=O)(=O)CC(=O)O)Cc1cccs1. The van der Waals surface area contributed by atoms with E-state index in [9.17, 15) is 13.2 Å². The largest absolute Gasteiger partial charge is 0.496 e. The van der Waals surface area contributed by atoms with E-state index < -0.39 is 21.6 Å². The highest BCUT2D eigenvalue weighted by molar-refractivity contribution is 7.92. The van der Waals surface area contributed by atoms with Crippen molar-refractivity contribution in [2.75, 3.05) is 25.2 Å². The minimum Gasteiger partial charge on any atom is -0.496 e. The third kappa shape index (κ3) is 6.49. The number of rotatable bonds is 10. The molecule has 1 heterocycles. The van der Waals surface area contributed by atoms with Crippen LogP contribution in [0, 0.1) is 0 Å². The summed E-state index contributed by atoms with van der Waals surface area (Å²) in [5.74, 6) is -1.62. The molecule has 1 aromatic carbocycles. The first kappa shape index (κ1) is 19.4. The molecule has 0 fully saturated rings. The standard InChI is InChI=1S/C17H21NO5S2/c1-23-16-7-3-2-5-14(16)11-18(12-15-6-4-9-24-15)8-10-25(21,22)13-17(19)20/h2-7,9H,8,10-13H2,1H3,(H,19,20). The van der Waals surface area contributed by atoms with Crippen molar-refractivity contribution in [2.24, 2.45) is 0 Å². The monoisotopic (exact) mass is 383 g/mol. The molecule has 6 nitrogen and oxygen atoms in total. The van der Waals surface area contributed by atoms with Gasteiger partial charge in [-0.1, -0.05) is 24.3 Å². The summed E-state index contributed by atoms with van der Waals surface area (Å²) < 4.78 is 29.1. The van der Waals surface area contributed by atoms with Crippen LogP contribution in [0.4, 0.5) is 0 Å². The second kappa shape index (κ2) is 8.98. The summed E-state index contributed by atoms with van der Waals surface area (Å²) in [6.45, 7) is 1.37. The van der Waals surface area contributed by atoms with Gasteiger partial charge in [0.1, 0.15) is 11.5 Å². The molecule has 0 saturated heterocycles. The van der Waals surface area contributed by atoms with Crippen molar-refractivity contribution < 1.29 is 23.1 Å². The number of para-hydroxylation sites is 1. The number of ether oxygens (including phenoxy) is 1. The summed E-state index contributed by atoms with van der Waals surface area (Å²) in [5, 5.41) is 10.7. The number of carbonyl (C=O) groups is 1. The molecule has 0 aliphatic carbocycles. The highest BCUT2D eigenvalue weighted by Gasteiger charge is 2.19. The van der Waals surface area contributed by atoms with Gasteiger partial charge < -0.3 is 9.84 Å². The zero-order chi connectivity index (χ0) is 18.3. The van der Waals surface area contributed by atoms with Gasteiger partial charge in [0.05, 0.1) is 12.9 Å². The van der Waals surface area contributed by atoms with Gasteiger partial charge in [0, 0.05) is 30.1 Å². The Morgan fingerprint density at radius 2 is 1.96 bits per heavy atom. The summed E-state index contributed by atoms with van der Waals surface area (Å²) in [6.07, 6.45) is 0. The molecule has 2 rings (SSSR count). The van der Waals surface area contributed by atoms with Crippen LogP contribution in [-0.2, 0) is 27.7 Å². The molecule has 0 atom stereocenters. The highest BCUT2D eigenvalue weighted by atomic mass is 32.2. The van der Waals surface area contributed by atoms with E-state index in [4.69, 9.17) is 9.84 Å². The predicted octanol–water partition coefficient (Wildman–Crippen LogP) is 2.26. The van der Waals surface area contributed by atoms with E-state index >= 15 is 0 Å². The number of hydrogen-bond donors (Lipinski definition) is 1. The second-order valence-electron chi connectivity index (χ2n) is 5.59. The molecular weight excluding hydrogens is 362 g/mol. The maximum absolute atomic E-state index is 11.9. The van der Waals surface area contributed by atoms with E-state index in [-0.39, 0.29) is 12.3 Å². The van der Waals surface area contributed by atoms with Crippen molar-refractivity contribution in [1.82, 2.24) is 4.90 Å². The maximum Gasteiger partial charge on any atom is 0.318 e. The third-order valence-corrected chi connectivity index (χ3v) is 5.96. The topological polar surface area (TPSA) is 83.9 Å².